The highest BCUT2D eigenvalue weighted by Crippen LogP contribution is 2.24. The van der Waals surface area contributed by atoms with Crippen LogP contribution in [-0.2, 0) is 14.8 Å². The molecule has 0 radical (unpaired) electrons. The molecule has 1 heterocycles. The number of likely N-dealkylation sites (tertiary alicyclic amines) is 1. The first-order chi connectivity index (χ1) is 13.7. The normalized spacial score (nSPS) is 16.4. The van der Waals surface area contributed by atoms with Gasteiger partial charge in [-0.1, -0.05) is 0 Å². The van der Waals surface area contributed by atoms with Gasteiger partial charge in [0.15, 0.2) is 0 Å². The number of aliphatic hydroxyl groups is 1. The highest BCUT2D eigenvalue weighted by molar-refractivity contribution is 7.92. The van der Waals surface area contributed by atoms with Gasteiger partial charge in [-0.15, -0.1) is 0 Å². The maximum absolute atomic E-state index is 13.0. The number of hydrogen-bond donors (Lipinski definition) is 2. The number of benzene rings is 2. The molecule has 0 spiro atoms. The number of carbonyl (C=O) groups excluding carboxylic acids is 1. The third kappa shape index (κ3) is 5.11. The van der Waals surface area contributed by atoms with Crippen molar-refractivity contribution >= 4 is 21.6 Å². The summed E-state index contributed by atoms with van der Waals surface area (Å²) in [4.78, 5) is 14.3. The number of piperidine rings is 1. The molecule has 1 amide bonds. The molecule has 0 saturated carbocycles. The number of methoxy groups -OCH3 is 1. The standard InChI is InChI=1S/C20H23FN2O5S/c1-28-14-20(25)10-12-23(13-11-20)19(24)15-2-8-18(9-3-15)29(26,27)22-17-6-4-16(21)5-7-17/h2-9,22,25H,10-14H2,1H3. The molecule has 29 heavy (non-hydrogen) atoms. The second kappa shape index (κ2) is 8.48. The highest BCUT2D eigenvalue weighted by Gasteiger charge is 2.34. The Morgan fingerprint density at radius 3 is 2.28 bits per heavy atom. The lowest BCUT2D eigenvalue weighted by Gasteiger charge is -2.37. The van der Waals surface area contributed by atoms with Gasteiger partial charge in [0.1, 0.15) is 5.82 Å². The van der Waals surface area contributed by atoms with Crippen LogP contribution in [0, 0.1) is 5.82 Å². The molecule has 2 aromatic carbocycles. The second-order valence-corrected chi connectivity index (χ2v) is 8.77. The number of rotatable bonds is 6. The van der Waals surface area contributed by atoms with Crippen molar-refractivity contribution in [3.8, 4) is 0 Å². The summed E-state index contributed by atoms with van der Waals surface area (Å²) in [6, 6.07) is 10.6. The molecule has 1 aliphatic rings. The van der Waals surface area contributed by atoms with Crippen molar-refractivity contribution in [3.63, 3.8) is 0 Å². The zero-order chi connectivity index (χ0) is 21.1. The Morgan fingerprint density at radius 2 is 1.72 bits per heavy atom. The second-order valence-electron chi connectivity index (χ2n) is 7.09. The quantitative estimate of drug-likeness (QED) is 0.744. The average Bonchev–Trinajstić information content (AvgIpc) is 2.70. The zero-order valence-electron chi connectivity index (χ0n) is 16.0. The van der Waals surface area contributed by atoms with Crippen LogP contribution in [0.3, 0.4) is 0 Å². The van der Waals surface area contributed by atoms with Crippen LogP contribution in [0.5, 0.6) is 0 Å². The number of nitrogens with one attached hydrogen (secondary N) is 1. The van der Waals surface area contributed by atoms with Crippen LogP contribution >= 0.6 is 0 Å². The number of anilines is 1. The minimum Gasteiger partial charge on any atom is -0.387 e. The molecule has 156 valence electrons. The number of halogens is 1. The van der Waals surface area contributed by atoms with Crippen molar-refractivity contribution in [2.75, 3.05) is 31.5 Å². The summed E-state index contributed by atoms with van der Waals surface area (Å²) in [5.41, 5.74) is -0.318. The van der Waals surface area contributed by atoms with Crippen LogP contribution in [0.15, 0.2) is 53.4 Å². The molecule has 0 atom stereocenters. The van der Waals surface area contributed by atoms with E-state index in [4.69, 9.17) is 4.74 Å². The summed E-state index contributed by atoms with van der Waals surface area (Å²) < 4.78 is 45.3. The van der Waals surface area contributed by atoms with Gasteiger partial charge in [-0.3, -0.25) is 9.52 Å². The Bertz CT molecular complexity index is 953. The smallest absolute Gasteiger partial charge is 0.261 e. The Labute approximate surface area is 169 Å². The van der Waals surface area contributed by atoms with Crippen LogP contribution in [0.4, 0.5) is 10.1 Å². The molecule has 0 aliphatic carbocycles. The van der Waals surface area contributed by atoms with Crippen molar-refractivity contribution < 1.29 is 27.4 Å². The Hall–Kier alpha value is -2.49. The fourth-order valence-electron chi connectivity index (χ4n) is 3.23. The predicted molar refractivity (Wildman–Crippen MR) is 106 cm³/mol. The third-order valence-electron chi connectivity index (χ3n) is 4.90. The number of carbonyl (C=O) groups is 1. The molecule has 1 fully saturated rings. The highest BCUT2D eigenvalue weighted by atomic mass is 32.2. The van der Waals surface area contributed by atoms with Crippen molar-refractivity contribution in [2.45, 2.75) is 23.3 Å². The monoisotopic (exact) mass is 422 g/mol. The van der Waals surface area contributed by atoms with E-state index in [0.29, 0.717) is 31.5 Å². The molecule has 0 bridgehead atoms. The first-order valence-corrected chi connectivity index (χ1v) is 10.6. The van der Waals surface area contributed by atoms with Gasteiger partial charge < -0.3 is 14.7 Å². The lowest BCUT2D eigenvalue weighted by atomic mass is 9.92. The summed E-state index contributed by atoms with van der Waals surface area (Å²) in [6.45, 7) is 1.01. The molecule has 1 saturated heterocycles. The summed E-state index contributed by atoms with van der Waals surface area (Å²) in [7, 11) is -2.34. The lowest BCUT2D eigenvalue weighted by molar-refractivity contribution is -0.0662. The van der Waals surface area contributed by atoms with Crippen LogP contribution in [-0.4, -0.2) is 56.7 Å². The number of amides is 1. The Morgan fingerprint density at radius 1 is 1.14 bits per heavy atom. The van der Waals surface area contributed by atoms with Crippen LogP contribution in [0.2, 0.25) is 0 Å². The van der Waals surface area contributed by atoms with Crippen molar-refractivity contribution in [1.29, 1.82) is 0 Å². The molecule has 2 aromatic rings. The van der Waals surface area contributed by atoms with E-state index in [2.05, 4.69) is 4.72 Å². The van der Waals surface area contributed by atoms with E-state index < -0.39 is 21.4 Å². The van der Waals surface area contributed by atoms with Crippen molar-refractivity contribution in [1.82, 2.24) is 4.90 Å². The van der Waals surface area contributed by atoms with Gasteiger partial charge in [0.05, 0.1) is 17.1 Å². The van der Waals surface area contributed by atoms with Crippen LogP contribution < -0.4 is 4.72 Å². The predicted octanol–water partition coefficient (Wildman–Crippen LogP) is 2.24. The van der Waals surface area contributed by atoms with Crippen LogP contribution in [0.25, 0.3) is 0 Å². The van der Waals surface area contributed by atoms with Crippen molar-refractivity contribution in [2.24, 2.45) is 0 Å². The topological polar surface area (TPSA) is 95.9 Å². The van der Waals surface area contributed by atoms with E-state index in [1.807, 2.05) is 0 Å². The average molecular weight is 422 g/mol. The van der Waals surface area contributed by atoms with Crippen molar-refractivity contribution in [3.05, 3.63) is 59.9 Å². The van der Waals surface area contributed by atoms with E-state index >= 15 is 0 Å². The Balaban J connectivity index is 1.66. The maximum atomic E-state index is 13.0. The number of hydrogen-bond acceptors (Lipinski definition) is 5. The van der Waals surface area contributed by atoms with Gasteiger partial charge in [-0.25, -0.2) is 12.8 Å². The largest absolute Gasteiger partial charge is 0.387 e. The SMILES string of the molecule is COCC1(O)CCN(C(=O)c2ccc(S(=O)(=O)Nc3ccc(F)cc3)cc2)CC1. The summed E-state index contributed by atoms with van der Waals surface area (Å²) >= 11 is 0. The van der Waals surface area contributed by atoms with E-state index in [9.17, 15) is 22.7 Å². The number of ether oxygens (including phenoxy) is 1. The first kappa shape index (κ1) is 21.2. The minimum atomic E-state index is -3.86. The maximum Gasteiger partial charge on any atom is 0.261 e. The van der Waals surface area contributed by atoms with E-state index in [0.717, 1.165) is 12.1 Å². The van der Waals surface area contributed by atoms with E-state index in [1.54, 1.807) is 4.90 Å². The van der Waals surface area contributed by atoms with Crippen LogP contribution in [0.1, 0.15) is 23.2 Å². The minimum absolute atomic E-state index is 0.00788. The molecule has 1 aliphatic heterocycles. The third-order valence-corrected chi connectivity index (χ3v) is 6.30. The Kier molecular flexibility index (Phi) is 6.21. The van der Waals surface area contributed by atoms with Gasteiger partial charge in [-0.05, 0) is 61.4 Å². The van der Waals surface area contributed by atoms with Gasteiger partial charge in [0.2, 0.25) is 0 Å². The van der Waals surface area contributed by atoms with E-state index in [1.165, 1.54) is 43.5 Å². The molecule has 0 aromatic heterocycles. The molecule has 3 rings (SSSR count). The summed E-state index contributed by atoms with van der Waals surface area (Å²) in [6.07, 6.45) is 0.835. The molecule has 0 unspecified atom stereocenters. The van der Waals surface area contributed by atoms with Gasteiger partial charge in [-0.2, -0.15) is 0 Å². The first-order valence-electron chi connectivity index (χ1n) is 9.11. The van der Waals surface area contributed by atoms with Gasteiger partial charge in [0.25, 0.3) is 15.9 Å². The molecular weight excluding hydrogens is 399 g/mol. The zero-order valence-corrected chi connectivity index (χ0v) is 16.8. The molecular formula is C20H23FN2O5S. The summed E-state index contributed by atoms with van der Waals surface area (Å²) in [5, 5.41) is 10.3. The molecule has 2 N–H and O–H groups in total. The van der Waals surface area contributed by atoms with Gasteiger partial charge >= 0.3 is 0 Å². The molecule has 9 heteroatoms. The lowest BCUT2D eigenvalue weighted by Crippen LogP contribution is -2.48. The van der Waals surface area contributed by atoms with E-state index in [-0.39, 0.29) is 23.1 Å². The van der Waals surface area contributed by atoms with Gasteiger partial charge in [0, 0.05) is 31.5 Å². The number of sulfonamides is 1. The fourth-order valence-corrected chi connectivity index (χ4v) is 4.29. The number of nitrogens with zero attached hydrogens (tertiary/aromatic N) is 1. The summed E-state index contributed by atoms with van der Waals surface area (Å²) in [5.74, 6) is -0.686. The molecule has 7 nitrogen and oxygen atoms in total. The fraction of sp³-hybridized carbons (Fsp3) is 0.350.